The van der Waals surface area contributed by atoms with E-state index in [1.807, 2.05) is 30.8 Å². The minimum atomic E-state index is -0.124. The molecule has 3 heteroatoms. The van der Waals surface area contributed by atoms with E-state index in [0.29, 0.717) is 0 Å². The molecule has 1 aromatic carbocycles. The minimum Gasteiger partial charge on any atom is -0.309 e. The number of rotatable bonds is 6. The van der Waals surface area contributed by atoms with Gasteiger partial charge in [-0.3, -0.25) is 0 Å². The molecule has 0 amide bonds. The van der Waals surface area contributed by atoms with Crippen LogP contribution in [0.5, 0.6) is 0 Å². The molecule has 1 atom stereocenters. The second kappa shape index (κ2) is 6.85. The van der Waals surface area contributed by atoms with E-state index in [-0.39, 0.29) is 11.9 Å². The fourth-order valence-corrected chi connectivity index (χ4v) is 1.98. The van der Waals surface area contributed by atoms with Crippen LogP contribution in [0, 0.1) is 5.82 Å². The van der Waals surface area contributed by atoms with Gasteiger partial charge in [-0.05, 0) is 18.7 Å². The molecule has 15 heavy (non-hydrogen) atoms. The fourth-order valence-electron chi connectivity index (χ4n) is 1.43. The van der Waals surface area contributed by atoms with Gasteiger partial charge in [0.15, 0.2) is 0 Å². The topological polar surface area (TPSA) is 12.0 Å². The molecule has 0 spiro atoms. The Labute approximate surface area is 95.5 Å². The van der Waals surface area contributed by atoms with Gasteiger partial charge < -0.3 is 5.32 Å². The summed E-state index contributed by atoms with van der Waals surface area (Å²) in [4.78, 5) is 0. The quantitative estimate of drug-likeness (QED) is 0.749. The van der Waals surface area contributed by atoms with Crippen LogP contribution in [0.25, 0.3) is 0 Å². The van der Waals surface area contributed by atoms with E-state index >= 15 is 0 Å². The maximum absolute atomic E-state index is 13.4. The highest BCUT2D eigenvalue weighted by molar-refractivity contribution is 7.99. The van der Waals surface area contributed by atoms with Crippen LogP contribution in [0.15, 0.2) is 24.3 Å². The Balaban J connectivity index is 2.40. The van der Waals surface area contributed by atoms with Crippen molar-refractivity contribution < 1.29 is 4.39 Å². The van der Waals surface area contributed by atoms with Crippen molar-refractivity contribution in [1.82, 2.24) is 5.32 Å². The average Bonchev–Trinajstić information content (AvgIpc) is 2.25. The Morgan fingerprint density at radius 2 is 2.13 bits per heavy atom. The lowest BCUT2D eigenvalue weighted by molar-refractivity contribution is 0.542. The van der Waals surface area contributed by atoms with Crippen LogP contribution in [0.1, 0.15) is 25.5 Å². The van der Waals surface area contributed by atoms with E-state index < -0.39 is 0 Å². The molecule has 0 aliphatic heterocycles. The van der Waals surface area contributed by atoms with Gasteiger partial charge in [-0.2, -0.15) is 11.8 Å². The lowest BCUT2D eigenvalue weighted by Gasteiger charge is -2.14. The van der Waals surface area contributed by atoms with Crippen molar-refractivity contribution in [2.45, 2.75) is 19.9 Å². The summed E-state index contributed by atoms with van der Waals surface area (Å²) in [7, 11) is 0. The number of nitrogens with one attached hydrogen (secondary N) is 1. The number of hydrogen-bond donors (Lipinski definition) is 1. The van der Waals surface area contributed by atoms with Crippen LogP contribution < -0.4 is 5.32 Å². The largest absolute Gasteiger partial charge is 0.309 e. The molecule has 0 aromatic heterocycles. The normalized spacial score (nSPS) is 12.7. The first-order chi connectivity index (χ1) is 7.25. The van der Waals surface area contributed by atoms with E-state index in [9.17, 15) is 4.39 Å². The monoisotopic (exact) mass is 227 g/mol. The molecule has 0 fully saturated rings. The fraction of sp³-hybridized carbons (Fsp3) is 0.500. The summed E-state index contributed by atoms with van der Waals surface area (Å²) in [5.41, 5.74) is 0.749. The highest BCUT2D eigenvalue weighted by Crippen LogP contribution is 2.15. The molecule has 0 saturated carbocycles. The van der Waals surface area contributed by atoms with Crippen LogP contribution in [-0.4, -0.2) is 18.1 Å². The van der Waals surface area contributed by atoms with Crippen LogP contribution >= 0.6 is 11.8 Å². The zero-order valence-corrected chi connectivity index (χ0v) is 10.1. The molecule has 84 valence electrons. The number of halogens is 1. The molecule has 1 nitrogen and oxygen atoms in total. The summed E-state index contributed by atoms with van der Waals surface area (Å²) in [6.45, 7) is 5.06. The maximum atomic E-state index is 13.4. The first-order valence-electron chi connectivity index (χ1n) is 5.31. The average molecular weight is 227 g/mol. The van der Waals surface area contributed by atoms with Gasteiger partial charge in [0.25, 0.3) is 0 Å². The van der Waals surface area contributed by atoms with Gasteiger partial charge in [-0.25, -0.2) is 4.39 Å². The Morgan fingerprint density at radius 1 is 1.40 bits per heavy atom. The van der Waals surface area contributed by atoms with Crippen molar-refractivity contribution in [3.8, 4) is 0 Å². The van der Waals surface area contributed by atoms with Crippen molar-refractivity contribution in [3.63, 3.8) is 0 Å². The van der Waals surface area contributed by atoms with Gasteiger partial charge in [-0.15, -0.1) is 0 Å². The smallest absolute Gasteiger partial charge is 0.127 e. The Morgan fingerprint density at radius 3 is 2.80 bits per heavy atom. The molecule has 1 unspecified atom stereocenters. The minimum absolute atomic E-state index is 0.0867. The van der Waals surface area contributed by atoms with Crippen LogP contribution in [0.4, 0.5) is 4.39 Å². The third kappa shape index (κ3) is 4.22. The molecule has 0 bridgehead atoms. The zero-order chi connectivity index (χ0) is 11.1. The van der Waals surface area contributed by atoms with Gasteiger partial charge >= 0.3 is 0 Å². The van der Waals surface area contributed by atoms with Crippen LogP contribution in [0.3, 0.4) is 0 Å². The molecule has 0 aliphatic carbocycles. The summed E-state index contributed by atoms with van der Waals surface area (Å²) >= 11 is 1.89. The summed E-state index contributed by atoms with van der Waals surface area (Å²) < 4.78 is 13.4. The van der Waals surface area contributed by atoms with E-state index in [1.54, 1.807) is 6.07 Å². The molecule has 0 aliphatic rings. The molecule has 0 saturated heterocycles. The van der Waals surface area contributed by atoms with Crippen molar-refractivity contribution in [1.29, 1.82) is 0 Å². The van der Waals surface area contributed by atoms with Gasteiger partial charge in [0.1, 0.15) is 5.82 Å². The predicted molar refractivity (Wildman–Crippen MR) is 65.8 cm³/mol. The number of hydrogen-bond acceptors (Lipinski definition) is 2. The molecule has 0 heterocycles. The molecule has 1 N–H and O–H groups in total. The molecule has 1 rings (SSSR count). The Kier molecular flexibility index (Phi) is 5.73. The second-order valence-electron chi connectivity index (χ2n) is 3.39. The summed E-state index contributed by atoms with van der Waals surface area (Å²) in [6.07, 6.45) is 0. The van der Waals surface area contributed by atoms with Crippen molar-refractivity contribution in [2.75, 3.05) is 18.1 Å². The van der Waals surface area contributed by atoms with Crippen molar-refractivity contribution in [2.24, 2.45) is 0 Å². The number of benzene rings is 1. The maximum Gasteiger partial charge on any atom is 0.127 e. The van der Waals surface area contributed by atoms with E-state index in [2.05, 4.69) is 12.2 Å². The van der Waals surface area contributed by atoms with Crippen LogP contribution in [-0.2, 0) is 0 Å². The van der Waals surface area contributed by atoms with Gasteiger partial charge in [0.2, 0.25) is 0 Å². The highest BCUT2D eigenvalue weighted by atomic mass is 32.2. The SMILES string of the molecule is CCSCCNC(C)c1ccccc1F. The standard InChI is InChI=1S/C12H18FNS/c1-3-15-9-8-14-10(2)11-6-4-5-7-12(11)13/h4-7,10,14H,3,8-9H2,1-2H3. The Hall–Kier alpha value is -0.540. The van der Waals surface area contributed by atoms with Crippen molar-refractivity contribution >= 4 is 11.8 Å². The summed E-state index contributed by atoms with van der Waals surface area (Å²) in [5, 5.41) is 3.31. The summed E-state index contributed by atoms with van der Waals surface area (Å²) in [5.74, 6) is 2.09. The van der Waals surface area contributed by atoms with Crippen molar-refractivity contribution in [3.05, 3.63) is 35.6 Å². The van der Waals surface area contributed by atoms with Crippen LogP contribution in [0.2, 0.25) is 0 Å². The molecular weight excluding hydrogens is 209 g/mol. The molecule has 1 aromatic rings. The van der Waals surface area contributed by atoms with E-state index in [4.69, 9.17) is 0 Å². The Bertz CT molecular complexity index is 291. The van der Waals surface area contributed by atoms with E-state index in [0.717, 1.165) is 23.6 Å². The summed E-state index contributed by atoms with van der Waals surface area (Å²) in [6, 6.07) is 7.02. The third-order valence-corrected chi connectivity index (χ3v) is 3.17. The van der Waals surface area contributed by atoms with Gasteiger partial charge in [0, 0.05) is 23.9 Å². The molecular formula is C12H18FNS. The lowest BCUT2D eigenvalue weighted by atomic mass is 10.1. The third-order valence-electron chi connectivity index (χ3n) is 2.27. The lowest BCUT2D eigenvalue weighted by Crippen LogP contribution is -2.22. The first-order valence-corrected chi connectivity index (χ1v) is 6.46. The van der Waals surface area contributed by atoms with Gasteiger partial charge in [0.05, 0.1) is 0 Å². The predicted octanol–water partition coefficient (Wildman–Crippen LogP) is 3.23. The number of thioether (sulfide) groups is 1. The van der Waals surface area contributed by atoms with E-state index in [1.165, 1.54) is 6.07 Å². The highest BCUT2D eigenvalue weighted by Gasteiger charge is 2.08. The van der Waals surface area contributed by atoms with Gasteiger partial charge in [-0.1, -0.05) is 25.1 Å². The first kappa shape index (κ1) is 12.5. The zero-order valence-electron chi connectivity index (χ0n) is 9.29. The molecule has 0 radical (unpaired) electrons. The second-order valence-corrected chi connectivity index (χ2v) is 4.79.